The van der Waals surface area contributed by atoms with Crippen molar-refractivity contribution >= 4 is 0 Å². The van der Waals surface area contributed by atoms with E-state index in [1.165, 1.54) is 13.1 Å². The van der Waals surface area contributed by atoms with Crippen molar-refractivity contribution < 1.29 is 25.2 Å². The molecule has 9 nitrogen and oxygen atoms in total. The summed E-state index contributed by atoms with van der Waals surface area (Å²) >= 11 is 0. The van der Waals surface area contributed by atoms with E-state index in [0.29, 0.717) is 0 Å². The molecule has 0 unspecified atom stereocenters. The van der Waals surface area contributed by atoms with E-state index in [1.54, 1.807) is 0 Å². The number of hydrogen-bond donors (Lipinski definition) is 5. The summed E-state index contributed by atoms with van der Waals surface area (Å²) in [4.78, 5) is 25.3. The first-order valence-electron chi connectivity index (χ1n) is 6.56. The predicted molar refractivity (Wildman–Crippen MR) is 74.2 cm³/mol. The van der Waals surface area contributed by atoms with Gasteiger partial charge in [-0.25, -0.2) is 4.79 Å². The summed E-state index contributed by atoms with van der Waals surface area (Å²) in [6.07, 6.45) is -3.75. The molecule has 1 aliphatic rings. The molecule has 1 fully saturated rings. The van der Waals surface area contributed by atoms with Gasteiger partial charge in [-0.15, -0.1) is 6.58 Å². The number of hydrogen-bond acceptors (Lipinski definition) is 7. The minimum Gasteiger partial charge on any atom is -0.394 e. The quantitative estimate of drug-likeness (QED) is 0.382. The van der Waals surface area contributed by atoms with Crippen LogP contribution in [0.4, 0.5) is 0 Å². The number of nitrogens with one attached hydrogen (secondary N) is 1. The molecule has 0 saturated carbocycles. The Morgan fingerprint density at radius 2 is 2.23 bits per heavy atom. The Bertz CT molecular complexity index is 682. The molecule has 0 aromatic carbocycles. The molecule has 1 aliphatic heterocycles. The van der Waals surface area contributed by atoms with Crippen LogP contribution in [-0.4, -0.2) is 60.5 Å². The fourth-order valence-electron chi connectivity index (χ4n) is 2.45. The van der Waals surface area contributed by atoms with Crippen molar-refractivity contribution in [2.24, 2.45) is 0 Å². The van der Waals surface area contributed by atoms with Crippen LogP contribution in [0.25, 0.3) is 0 Å². The molecule has 0 spiro atoms. The van der Waals surface area contributed by atoms with Gasteiger partial charge in [0.15, 0.2) is 6.23 Å². The Balaban J connectivity index is 2.50. The first-order valence-corrected chi connectivity index (χ1v) is 6.56. The molecule has 0 aliphatic carbocycles. The standard InChI is InChI=1S/C13H18N2O7/c1-3-13(21)8(18)11(22-9(13)7(17)5-16)15-4-6(2)10(19)14-12(15)20/h3-4,7-9,11,16-18,21H,1,5H2,2H3,(H,14,19,20)/t7-,8+,9-,11-,13+/m1/s1. The van der Waals surface area contributed by atoms with Crippen LogP contribution in [-0.2, 0) is 4.74 Å². The number of H-pyrrole nitrogens is 1. The molecule has 9 heteroatoms. The van der Waals surface area contributed by atoms with Crippen molar-refractivity contribution in [2.75, 3.05) is 6.61 Å². The lowest BCUT2D eigenvalue weighted by Gasteiger charge is -2.29. The number of nitrogens with zero attached hydrogens (tertiary/aromatic N) is 1. The second-order valence-electron chi connectivity index (χ2n) is 5.21. The van der Waals surface area contributed by atoms with Crippen molar-refractivity contribution in [3.8, 4) is 0 Å². The molecular weight excluding hydrogens is 296 g/mol. The van der Waals surface area contributed by atoms with E-state index in [4.69, 9.17) is 9.84 Å². The van der Waals surface area contributed by atoms with Crippen LogP contribution in [0.5, 0.6) is 0 Å². The van der Waals surface area contributed by atoms with E-state index >= 15 is 0 Å². The highest BCUT2D eigenvalue weighted by molar-refractivity contribution is 5.15. The molecule has 1 aromatic heterocycles. The maximum atomic E-state index is 11.9. The molecule has 1 saturated heterocycles. The molecule has 0 radical (unpaired) electrons. The Labute approximate surface area is 124 Å². The maximum absolute atomic E-state index is 11.9. The molecule has 1 aromatic rings. The third kappa shape index (κ3) is 2.42. The van der Waals surface area contributed by atoms with E-state index in [1.807, 2.05) is 4.98 Å². The van der Waals surface area contributed by atoms with Crippen molar-refractivity contribution in [2.45, 2.75) is 37.1 Å². The topological polar surface area (TPSA) is 145 Å². The molecule has 122 valence electrons. The first kappa shape index (κ1) is 16.6. The van der Waals surface area contributed by atoms with Gasteiger partial charge in [0.05, 0.1) is 6.61 Å². The monoisotopic (exact) mass is 314 g/mol. The van der Waals surface area contributed by atoms with Gasteiger partial charge in [0.25, 0.3) is 5.56 Å². The Kier molecular flexibility index (Phi) is 4.36. The van der Waals surface area contributed by atoms with Crippen LogP contribution in [0.3, 0.4) is 0 Å². The largest absolute Gasteiger partial charge is 0.394 e. The van der Waals surface area contributed by atoms with Gasteiger partial charge in [-0.05, 0) is 6.92 Å². The second-order valence-corrected chi connectivity index (χ2v) is 5.21. The van der Waals surface area contributed by atoms with Crippen LogP contribution in [0.15, 0.2) is 28.4 Å². The normalized spacial score (nSPS) is 32.9. The minimum atomic E-state index is -2.07. The fourth-order valence-corrected chi connectivity index (χ4v) is 2.45. The molecule has 0 amide bonds. The zero-order valence-corrected chi connectivity index (χ0v) is 11.8. The molecule has 2 rings (SSSR count). The SMILES string of the molecule is C=C[C@@]1(O)[C@@H]([C@H](O)CO)O[C@@H](n2cc(C)c(=O)[nH]c2=O)[C@@H]1O. The van der Waals surface area contributed by atoms with Crippen molar-refractivity contribution in [3.05, 3.63) is 45.3 Å². The van der Waals surface area contributed by atoms with Gasteiger partial charge in [0, 0.05) is 11.8 Å². The van der Waals surface area contributed by atoms with E-state index in [2.05, 4.69) is 6.58 Å². The lowest BCUT2D eigenvalue weighted by atomic mass is 9.89. The Hall–Kier alpha value is -1.78. The van der Waals surface area contributed by atoms with Gasteiger partial charge in [0.1, 0.15) is 23.9 Å². The van der Waals surface area contributed by atoms with Crippen LogP contribution in [0.1, 0.15) is 11.8 Å². The Morgan fingerprint density at radius 3 is 2.77 bits per heavy atom. The van der Waals surface area contributed by atoms with Gasteiger partial charge in [-0.3, -0.25) is 14.3 Å². The lowest BCUT2D eigenvalue weighted by Crippen LogP contribution is -2.51. The van der Waals surface area contributed by atoms with Gasteiger partial charge in [0.2, 0.25) is 0 Å². The number of aliphatic hydroxyl groups excluding tert-OH is 3. The molecule has 22 heavy (non-hydrogen) atoms. The van der Waals surface area contributed by atoms with E-state index in [0.717, 1.165) is 10.6 Å². The fraction of sp³-hybridized carbons (Fsp3) is 0.538. The van der Waals surface area contributed by atoms with Gasteiger partial charge < -0.3 is 25.2 Å². The van der Waals surface area contributed by atoms with Crippen LogP contribution in [0.2, 0.25) is 0 Å². The van der Waals surface area contributed by atoms with Crippen LogP contribution in [0, 0.1) is 6.92 Å². The highest BCUT2D eigenvalue weighted by atomic mass is 16.6. The first-order chi connectivity index (χ1) is 10.3. The zero-order chi connectivity index (χ0) is 16.7. The lowest BCUT2D eigenvalue weighted by molar-refractivity contribution is -0.114. The third-order valence-corrected chi connectivity index (χ3v) is 3.77. The van der Waals surface area contributed by atoms with Gasteiger partial charge in [-0.2, -0.15) is 0 Å². The highest BCUT2D eigenvalue weighted by Gasteiger charge is 2.56. The van der Waals surface area contributed by atoms with Crippen molar-refractivity contribution in [3.63, 3.8) is 0 Å². The van der Waals surface area contributed by atoms with Crippen molar-refractivity contribution in [1.82, 2.24) is 9.55 Å². The molecule has 5 atom stereocenters. The number of ether oxygens (including phenoxy) is 1. The predicted octanol–water partition coefficient (Wildman–Crippen LogP) is -2.63. The summed E-state index contributed by atoms with van der Waals surface area (Å²) in [5, 5.41) is 39.5. The van der Waals surface area contributed by atoms with E-state index < -0.39 is 48.0 Å². The third-order valence-electron chi connectivity index (χ3n) is 3.77. The number of aryl methyl sites for hydroxylation is 1. The summed E-state index contributed by atoms with van der Waals surface area (Å²) in [5.74, 6) is 0. The van der Waals surface area contributed by atoms with E-state index in [-0.39, 0.29) is 5.56 Å². The van der Waals surface area contributed by atoms with Crippen LogP contribution >= 0.6 is 0 Å². The number of aliphatic hydroxyl groups is 4. The number of aromatic nitrogens is 2. The average molecular weight is 314 g/mol. The summed E-state index contributed by atoms with van der Waals surface area (Å²) in [6.45, 7) is 4.12. The molecular formula is C13H18N2O7. The summed E-state index contributed by atoms with van der Waals surface area (Å²) < 4.78 is 6.26. The molecule has 2 heterocycles. The summed E-state index contributed by atoms with van der Waals surface area (Å²) in [7, 11) is 0. The molecule has 0 bridgehead atoms. The molecule has 5 N–H and O–H groups in total. The average Bonchev–Trinajstić information content (AvgIpc) is 2.75. The van der Waals surface area contributed by atoms with Crippen molar-refractivity contribution in [1.29, 1.82) is 0 Å². The minimum absolute atomic E-state index is 0.198. The second kappa shape index (κ2) is 5.78. The highest BCUT2D eigenvalue weighted by Crippen LogP contribution is 2.38. The smallest absolute Gasteiger partial charge is 0.330 e. The Morgan fingerprint density at radius 1 is 1.59 bits per heavy atom. The maximum Gasteiger partial charge on any atom is 0.330 e. The van der Waals surface area contributed by atoms with Gasteiger partial charge >= 0.3 is 5.69 Å². The number of aromatic amines is 1. The van der Waals surface area contributed by atoms with Crippen LogP contribution < -0.4 is 11.2 Å². The van der Waals surface area contributed by atoms with E-state index in [9.17, 15) is 24.9 Å². The zero-order valence-electron chi connectivity index (χ0n) is 11.8. The summed E-state index contributed by atoms with van der Waals surface area (Å²) in [6, 6.07) is 0. The number of rotatable bonds is 4. The summed E-state index contributed by atoms with van der Waals surface area (Å²) in [5.41, 5.74) is -3.30. The van der Waals surface area contributed by atoms with Gasteiger partial charge in [-0.1, -0.05) is 6.08 Å².